The predicted octanol–water partition coefficient (Wildman–Crippen LogP) is -0.0820. The average Bonchev–Trinajstić information content (AvgIpc) is 2.41. The lowest BCUT2D eigenvalue weighted by Gasteiger charge is -2.31. The van der Waals surface area contributed by atoms with E-state index >= 15 is 0 Å². The minimum atomic E-state index is -2.86. The summed E-state index contributed by atoms with van der Waals surface area (Å²) in [5.41, 5.74) is -0.481. The summed E-state index contributed by atoms with van der Waals surface area (Å²) in [7, 11) is -2.86. The highest BCUT2D eigenvalue weighted by molar-refractivity contribution is 7.91. The summed E-state index contributed by atoms with van der Waals surface area (Å²) < 4.78 is 22.3. The summed E-state index contributed by atoms with van der Waals surface area (Å²) in [5, 5.41) is 3.15. The summed E-state index contributed by atoms with van der Waals surface area (Å²) in [6.45, 7) is 0.707. The lowest BCUT2D eigenvalue weighted by molar-refractivity contribution is -0.122. The molecule has 0 aromatic carbocycles. The number of halogens is 1. The van der Waals surface area contributed by atoms with Crippen molar-refractivity contribution in [3.63, 3.8) is 0 Å². The Kier molecular flexibility index (Phi) is 3.23. The molecule has 0 saturated carbocycles. The second-order valence-electron chi connectivity index (χ2n) is 3.83. The van der Waals surface area contributed by atoms with E-state index in [0.717, 1.165) is 0 Å². The van der Waals surface area contributed by atoms with Crippen molar-refractivity contribution in [1.29, 1.82) is 0 Å². The van der Waals surface area contributed by atoms with Crippen LogP contribution in [0, 0.1) is 0 Å². The predicted molar refractivity (Wildman–Crippen MR) is 55.5 cm³/mol. The van der Waals surface area contributed by atoms with E-state index in [0.29, 0.717) is 25.8 Å². The van der Waals surface area contributed by atoms with Gasteiger partial charge in [-0.25, -0.2) is 8.42 Å². The maximum atomic E-state index is 11.5. The van der Waals surface area contributed by atoms with Crippen molar-refractivity contribution < 1.29 is 13.2 Å². The first-order valence-corrected chi connectivity index (χ1v) is 6.35. The number of sulfone groups is 1. The number of hydrogen-bond acceptors (Lipinski definition) is 4. The number of ketones is 1. The Morgan fingerprint density at radius 1 is 1.21 bits per heavy atom. The fourth-order valence-corrected chi connectivity index (χ4v) is 3.62. The van der Waals surface area contributed by atoms with E-state index < -0.39 is 15.4 Å². The number of carbonyl (C=O) groups excluding carboxylic acids is 1. The summed E-state index contributed by atoms with van der Waals surface area (Å²) >= 11 is 0. The fraction of sp³-hybridized carbons (Fsp3) is 0.875. The van der Waals surface area contributed by atoms with Crippen molar-refractivity contribution in [2.24, 2.45) is 0 Å². The van der Waals surface area contributed by atoms with Gasteiger partial charge in [-0.3, -0.25) is 4.79 Å². The minimum absolute atomic E-state index is 0. The Balaban J connectivity index is 0.000000980. The zero-order chi connectivity index (χ0) is 9.53. The van der Waals surface area contributed by atoms with E-state index in [-0.39, 0.29) is 29.7 Å². The maximum Gasteiger partial charge on any atom is 0.154 e. The molecule has 82 valence electrons. The highest BCUT2D eigenvalue weighted by Gasteiger charge is 2.45. The van der Waals surface area contributed by atoms with Crippen LogP contribution in [0.1, 0.15) is 19.3 Å². The molecule has 0 amide bonds. The monoisotopic (exact) mass is 239 g/mol. The lowest BCUT2D eigenvalue weighted by Crippen LogP contribution is -2.51. The molecule has 2 aliphatic heterocycles. The van der Waals surface area contributed by atoms with Gasteiger partial charge in [0.25, 0.3) is 0 Å². The highest BCUT2D eigenvalue weighted by Crippen LogP contribution is 2.28. The lowest BCUT2D eigenvalue weighted by atomic mass is 9.89. The molecule has 0 atom stereocenters. The van der Waals surface area contributed by atoms with Gasteiger partial charge < -0.3 is 5.32 Å². The van der Waals surface area contributed by atoms with Crippen LogP contribution in [-0.2, 0) is 14.6 Å². The Morgan fingerprint density at radius 2 is 1.79 bits per heavy atom. The van der Waals surface area contributed by atoms with Crippen molar-refractivity contribution in [3.05, 3.63) is 0 Å². The van der Waals surface area contributed by atoms with Crippen LogP contribution in [0.5, 0.6) is 0 Å². The second kappa shape index (κ2) is 3.79. The van der Waals surface area contributed by atoms with Crippen LogP contribution in [0.15, 0.2) is 0 Å². The largest absolute Gasteiger partial charge is 0.304 e. The van der Waals surface area contributed by atoms with Crippen LogP contribution in [0.2, 0.25) is 0 Å². The van der Waals surface area contributed by atoms with Crippen LogP contribution in [0.3, 0.4) is 0 Å². The van der Waals surface area contributed by atoms with Crippen LogP contribution in [0.4, 0.5) is 0 Å². The molecule has 2 aliphatic rings. The standard InChI is InChI=1S/C8H13NO3S.ClH/c10-7-1-4-9-8(7)2-5-13(11,12)6-3-8;/h9H,1-6H2;1H. The van der Waals surface area contributed by atoms with Crippen molar-refractivity contribution in [2.45, 2.75) is 24.8 Å². The molecule has 0 aliphatic carbocycles. The molecule has 4 nitrogen and oxygen atoms in total. The van der Waals surface area contributed by atoms with Crippen molar-refractivity contribution in [3.8, 4) is 0 Å². The highest BCUT2D eigenvalue weighted by atomic mass is 35.5. The molecular formula is C8H14ClNO3S. The Hall–Kier alpha value is -0.130. The van der Waals surface area contributed by atoms with Crippen molar-refractivity contribution in [1.82, 2.24) is 5.32 Å². The van der Waals surface area contributed by atoms with Crippen LogP contribution in [0.25, 0.3) is 0 Å². The first-order valence-electron chi connectivity index (χ1n) is 4.53. The van der Waals surface area contributed by atoms with Gasteiger partial charge in [0.05, 0.1) is 17.0 Å². The molecule has 1 N–H and O–H groups in total. The molecule has 14 heavy (non-hydrogen) atoms. The number of rotatable bonds is 0. The Labute approximate surface area is 89.8 Å². The van der Waals surface area contributed by atoms with E-state index in [4.69, 9.17) is 0 Å². The summed E-state index contributed by atoms with van der Waals surface area (Å²) in [4.78, 5) is 11.5. The smallest absolute Gasteiger partial charge is 0.154 e. The number of carbonyl (C=O) groups is 1. The minimum Gasteiger partial charge on any atom is -0.304 e. The number of nitrogens with one attached hydrogen (secondary N) is 1. The number of hydrogen-bond donors (Lipinski definition) is 1. The van der Waals surface area contributed by atoms with Gasteiger partial charge in [0.15, 0.2) is 5.78 Å². The molecular weight excluding hydrogens is 226 g/mol. The fourth-order valence-electron chi connectivity index (χ4n) is 2.10. The van der Waals surface area contributed by atoms with Gasteiger partial charge in [0.1, 0.15) is 9.84 Å². The molecule has 0 aromatic rings. The molecule has 6 heteroatoms. The van der Waals surface area contributed by atoms with Crippen LogP contribution < -0.4 is 5.32 Å². The van der Waals surface area contributed by atoms with E-state index in [9.17, 15) is 13.2 Å². The SMILES string of the molecule is Cl.O=C1CCNC12CCS(=O)(=O)CC2. The van der Waals surface area contributed by atoms with E-state index in [1.807, 2.05) is 0 Å². The molecule has 0 unspecified atom stereocenters. The quantitative estimate of drug-likeness (QED) is 0.642. The molecule has 0 radical (unpaired) electrons. The van der Waals surface area contributed by atoms with Gasteiger partial charge in [-0.2, -0.15) is 0 Å². The summed E-state index contributed by atoms with van der Waals surface area (Å²) in [6.07, 6.45) is 1.49. The molecule has 2 fully saturated rings. The topological polar surface area (TPSA) is 63.2 Å². The van der Waals surface area contributed by atoms with Gasteiger partial charge in [0.2, 0.25) is 0 Å². The maximum absolute atomic E-state index is 11.5. The average molecular weight is 240 g/mol. The molecule has 0 aromatic heterocycles. The van der Waals surface area contributed by atoms with Gasteiger partial charge in [-0.1, -0.05) is 0 Å². The molecule has 0 bridgehead atoms. The van der Waals surface area contributed by atoms with Gasteiger partial charge in [0, 0.05) is 13.0 Å². The first-order chi connectivity index (χ1) is 6.04. The van der Waals surface area contributed by atoms with E-state index in [1.54, 1.807) is 0 Å². The molecule has 2 saturated heterocycles. The van der Waals surface area contributed by atoms with Crippen LogP contribution in [-0.4, -0.2) is 37.8 Å². The van der Waals surface area contributed by atoms with Crippen molar-refractivity contribution in [2.75, 3.05) is 18.1 Å². The summed E-state index contributed by atoms with van der Waals surface area (Å²) in [6, 6.07) is 0. The third-order valence-corrected chi connectivity index (χ3v) is 4.68. The second-order valence-corrected chi connectivity index (χ2v) is 6.14. The molecule has 1 spiro atoms. The van der Waals surface area contributed by atoms with E-state index in [2.05, 4.69) is 5.32 Å². The summed E-state index contributed by atoms with van der Waals surface area (Å²) in [5.74, 6) is 0.514. The Bertz CT molecular complexity index is 324. The third-order valence-electron chi connectivity index (χ3n) is 3.03. The van der Waals surface area contributed by atoms with E-state index in [1.165, 1.54) is 0 Å². The zero-order valence-electron chi connectivity index (χ0n) is 7.78. The third kappa shape index (κ3) is 1.94. The molecule has 2 rings (SSSR count). The van der Waals surface area contributed by atoms with Gasteiger partial charge in [-0.15, -0.1) is 12.4 Å². The van der Waals surface area contributed by atoms with Crippen LogP contribution >= 0.6 is 12.4 Å². The first kappa shape index (κ1) is 11.9. The van der Waals surface area contributed by atoms with Crippen molar-refractivity contribution >= 4 is 28.0 Å². The van der Waals surface area contributed by atoms with Gasteiger partial charge >= 0.3 is 0 Å². The molecule has 2 heterocycles. The Morgan fingerprint density at radius 3 is 2.21 bits per heavy atom. The van der Waals surface area contributed by atoms with Gasteiger partial charge in [-0.05, 0) is 12.8 Å². The zero-order valence-corrected chi connectivity index (χ0v) is 9.42. The number of Topliss-reactive ketones (excluding diaryl/α,β-unsaturated/α-hetero) is 1. The normalized spacial score (nSPS) is 28.7.